The zero-order valence-corrected chi connectivity index (χ0v) is 9.87. The first kappa shape index (κ1) is 11.8. The summed E-state index contributed by atoms with van der Waals surface area (Å²) in [5, 5.41) is 3.25. The van der Waals surface area contributed by atoms with Crippen molar-refractivity contribution in [1.29, 1.82) is 0 Å². The molecule has 0 radical (unpaired) electrons. The molecule has 0 atom stereocenters. The van der Waals surface area contributed by atoms with Crippen LogP contribution in [0.2, 0.25) is 0 Å². The fourth-order valence-electron chi connectivity index (χ4n) is 1.02. The van der Waals surface area contributed by atoms with Crippen molar-refractivity contribution in [2.45, 2.75) is 27.7 Å². The molecule has 0 aliphatic heterocycles. The first-order valence-corrected chi connectivity index (χ1v) is 5.20. The minimum Gasteiger partial charge on any atom is -0.478 e. The highest BCUT2D eigenvalue weighted by Crippen LogP contribution is 2.16. The fourth-order valence-corrected chi connectivity index (χ4v) is 1.02. The zero-order chi connectivity index (χ0) is 11.3. The average molecular weight is 209 g/mol. The quantitative estimate of drug-likeness (QED) is 0.826. The van der Waals surface area contributed by atoms with Crippen molar-refractivity contribution in [2.24, 2.45) is 5.41 Å². The van der Waals surface area contributed by atoms with Crippen LogP contribution in [0, 0.1) is 5.41 Å². The van der Waals surface area contributed by atoms with Crippen molar-refractivity contribution >= 4 is 5.82 Å². The minimum atomic E-state index is 0.233. The van der Waals surface area contributed by atoms with Crippen molar-refractivity contribution < 1.29 is 4.74 Å². The molecule has 1 N–H and O–H groups in total. The van der Waals surface area contributed by atoms with E-state index in [9.17, 15) is 0 Å². The summed E-state index contributed by atoms with van der Waals surface area (Å²) in [7, 11) is 0. The predicted octanol–water partition coefficient (Wildman–Crippen LogP) is 2.33. The fraction of sp³-hybridized carbons (Fsp3) is 0.636. The minimum absolute atomic E-state index is 0.233. The molecule has 4 nitrogen and oxygen atoms in total. The SMILES string of the molecule is CCOc1cc(NCC(C)(C)C)ncn1. The van der Waals surface area contributed by atoms with Crippen LogP contribution >= 0.6 is 0 Å². The molecule has 84 valence electrons. The second kappa shape index (κ2) is 4.96. The van der Waals surface area contributed by atoms with E-state index in [1.165, 1.54) is 6.33 Å². The molecule has 0 unspecified atom stereocenters. The first-order chi connectivity index (χ1) is 7.01. The Morgan fingerprint density at radius 1 is 1.33 bits per heavy atom. The second-order valence-corrected chi connectivity index (χ2v) is 4.59. The second-order valence-electron chi connectivity index (χ2n) is 4.59. The molecule has 15 heavy (non-hydrogen) atoms. The molecule has 0 fully saturated rings. The van der Waals surface area contributed by atoms with Crippen LogP contribution in [0.4, 0.5) is 5.82 Å². The Bertz CT molecular complexity index is 307. The van der Waals surface area contributed by atoms with Crippen LogP contribution in [0.15, 0.2) is 12.4 Å². The van der Waals surface area contributed by atoms with Crippen LogP contribution in [0.5, 0.6) is 5.88 Å². The van der Waals surface area contributed by atoms with E-state index in [4.69, 9.17) is 4.74 Å². The number of hydrogen-bond donors (Lipinski definition) is 1. The monoisotopic (exact) mass is 209 g/mol. The van der Waals surface area contributed by atoms with E-state index in [0.29, 0.717) is 12.5 Å². The van der Waals surface area contributed by atoms with E-state index in [-0.39, 0.29) is 5.41 Å². The van der Waals surface area contributed by atoms with Crippen molar-refractivity contribution in [3.05, 3.63) is 12.4 Å². The highest BCUT2D eigenvalue weighted by molar-refractivity contribution is 5.37. The summed E-state index contributed by atoms with van der Waals surface area (Å²) in [5.74, 6) is 1.42. The molecule has 0 aliphatic rings. The van der Waals surface area contributed by atoms with Gasteiger partial charge in [-0.25, -0.2) is 9.97 Å². The third-order valence-corrected chi connectivity index (χ3v) is 1.73. The highest BCUT2D eigenvalue weighted by Gasteiger charge is 2.10. The molecule has 1 rings (SSSR count). The van der Waals surface area contributed by atoms with Crippen molar-refractivity contribution in [3.63, 3.8) is 0 Å². The van der Waals surface area contributed by atoms with Gasteiger partial charge in [-0.15, -0.1) is 0 Å². The lowest BCUT2D eigenvalue weighted by molar-refractivity contribution is 0.326. The summed E-state index contributed by atoms with van der Waals surface area (Å²) < 4.78 is 5.29. The summed E-state index contributed by atoms with van der Waals surface area (Å²) in [6, 6.07) is 1.81. The van der Waals surface area contributed by atoms with Gasteiger partial charge in [0.15, 0.2) is 0 Å². The maximum Gasteiger partial charge on any atom is 0.218 e. The van der Waals surface area contributed by atoms with Crippen LogP contribution < -0.4 is 10.1 Å². The number of ether oxygens (including phenoxy) is 1. The van der Waals surface area contributed by atoms with Gasteiger partial charge in [0.2, 0.25) is 5.88 Å². The van der Waals surface area contributed by atoms with Crippen molar-refractivity contribution in [2.75, 3.05) is 18.5 Å². The molecule has 1 heterocycles. The van der Waals surface area contributed by atoms with Crippen LogP contribution in [-0.2, 0) is 0 Å². The van der Waals surface area contributed by atoms with Crippen LogP contribution in [-0.4, -0.2) is 23.1 Å². The zero-order valence-electron chi connectivity index (χ0n) is 9.87. The number of rotatable bonds is 4. The summed E-state index contributed by atoms with van der Waals surface area (Å²) in [4.78, 5) is 8.12. The number of anilines is 1. The number of nitrogens with zero attached hydrogens (tertiary/aromatic N) is 2. The summed E-state index contributed by atoms with van der Waals surface area (Å²) in [5.41, 5.74) is 0.233. The van der Waals surface area contributed by atoms with E-state index in [0.717, 1.165) is 12.4 Å². The van der Waals surface area contributed by atoms with E-state index < -0.39 is 0 Å². The lowest BCUT2D eigenvalue weighted by atomic mass is 9.97. The molecule has 0 saturated heterocycles. The molecule has 1 aromatic heterocycles. The van der Waals surface area contributed by atoms with Crippen LogP contribution in [0.25, 0.3) is 0 Å². The number of hydrogen-bond acceptors (Lipinski definition) is 4. The van der Waals surface area contributed by atoms with Gasteiger partial charge in [-0.05, 0) is 12.3 Å². The van der Waals surface area contributed by atoms with Gasteiger partial charge >= 0.3 is 0 Å². The molecule has 0 spiro atoms. The van der Waals surface area contributed by atoms with Gasteiger partial charge in [0.25, 0.3) is 0 Å². The Morgan fingerprint density at radius 2 is 2.07 bits per heavy atom. The number of aromatic nitrogens is 2. The summed E-state index contributed by atoms with van der Waals surface area (Å²) >= 11 is 0. The maximum absolute atomic E-state index is 5.29. The van der Waals surface area contributed by atoms with Gasteiger partial charge < -0.3 is 10.1 Å². The third kappa shape index (κ3) is 4.63. The molecule has 0 aromatic carbocycles. The molecule has 0 bridgehead atoms. The molecule has 0 aliphatic carbocycles. The molecular weight excluding hydrogens is 190 g/mol. The molecule has 4 heteroatoms. The highest BCUT2D eigenvalue weighted by atomic mass is 16.5. The maximum atomic E-state index is 5.29. The Labute approximate surface area is 91.1 Å². The van der Waals surface area contributed by atoms with E-state index in [1.54, 1.807) is 0 Å². The lowest BCUT2D eigenvalue weighted by Gasteiger charge is -2.19. The normalized spacial score (nSPS) is 11.2. The van der Waals surface area contributed by atoms with Gasteiger partial charge in [-0.2, -0.15) is 0 Å². The lowest BCUT2D eigenvalue weighted by Crippen LogP contribution is -2.19. The molecular formula is C11H19N3O. The smallest absolute Gasteiger partial charge is 0.218 e. The van der Waals surface area contributed by atoms with Crippen LogP contribution in [0.3, 0.4) is 0 Å². The van der Waals surface area contributed by atoms with Gasteiger partial charge in [-0.3, -0.25) is 0 Å². The third-order valence-electron chi connectivity index (χ3n) is 1.73. The van der Waals surface area contributed by atoms with Gasteiger partial charge in [0.1, 0.15) is 12.1 Å². The average Bonchev–Trinajstić information content (AvgIpc) is 2.15. The topological polar surface area (TPSA) is 47.0 Å². The van der Waals surface area contributed by atoms with E-state index in [2.05, 4.69) is 36.1 Å². The van der Waals surface area contributed by atoms with Gasteiger partial charge in [0.05, 0.1) is 6.61 Å². The Kier molecular flexibility index (Phi) is 3.88. The van der Waals surface area contributed by atoms with Crippen LogP contribution in [0.1, 0.15) is 27.7 Å². The molecule has 0 amide bonds. The summed E-state index contributed by atoms with van der Waals surface area (Å²) in [6.07, 6.45) is 1.51. The molecule has 0 saturated carbocycles. The van der Waals surface area contributed by atoms with Gasteiger partial charge in [0, 0.05) is 12.6 Å². The standard InChI is InChI=1S/C11H19N3O/c1-5-15-10-6-9(13-8-14-10)12-7-11(2,3)4/h6,8H,5,7H2,1-4H3,(H,12,13,14). The first-order valence-electron chi connectivity index (χ1n) is 5.20. The molecule has 1 aromatic rings. The Morgan fingerprint density at radius 3 is 2.67 bits per heavy atom. The largest absolute Gasteiger partial charge is 0.478 e. The van der Waals surface area contributed by atoms with Gasteiger partial charge in [-0.1, -0.05) is 20.8 Å². The Balaban J connectivity index is 2.57. The van der Waals surface area contributed by atoms with E-state index >= 15 is 0 Å². The Hall–Kier alpha value is -1.32. The van der Waals surface area contributed by atoms with Crippen molar-refractivity contribution in [1.82, 2.24) is 9.97 Å². The van der Waals surface area contributed by atoms with E-state index in [1.807, 2.05) is 13.0 Å². The van der Waals surface area contributed by atoms with Crippen molar-refractivity contribution in [3.8, 4) is 5.88 Å². The number of nitrogens with one attached hydrogen (secondary N) is 1. The predicted molar refractivity (Wildman–Crippen MR) is 61.1 cm³/mol. The summed E-state index contributed by atoms with van der Waals surface area (Å²) in [6.45, 7) is 9.94.